The van der Waals surface area contributed by atoms with Gasteiger partial charge < -0.3 is 24.3 Å². The van der Waals surface area contributed by atoms with Gasteiger partial charge in [0.2, 0.25) is 6.04 Å². The van der Waals surface area contributed by atoms with E-state index in [1.165, 1.54) is 21.1 Å². The van der Waals surface area contributed by atoms with Crippen LogP contribution in [0.15, 0.2) is 40.6 Å². The molecule has 0 aliphatic carbocycles. The molecule has 0 spiro atoms. The molecule has 10 heteroatoms. The Morgan fingerprint density at radius 2 is 1.53 bits per heavy atom. The number of amides is 1. The van der Waals surface area contributed by atoms with Gasteiger partial charge in [0, 0.05) is 17.2 Å². The maximum absolute atomic E-state index is 13.0. The lowest BCUT2D eigenvalue weighted by atomic mass is 10.2. The van der Waals surface area contributed by atoms with Crippen molar-refractivity contribution in [2.24, 2.45) is 10.2 Å². The van der Waals surface area contributed by atoms with Crippen molar-refractivity contribution in [3.8, 4) is 23.0 Å². The Balaban J connectivity index is 2.41. The van der Waals surface area contributed by atoms with E-state index in [9.17, 15) is 9.59 Å². The molecule has 0 aliphatic rings. The van der Waals surface area contributed by atoms with Crippen molar-refractivity contribution < 1.29 is 28.5 Å². The monoisotopic (exact) mass is 463 g/mol. The molecule has 172 valence electrons. The van der Waals surface area contributed by atoms with Crippen molar-refractivity contribution in [3.05, 3.63) is 35.4 Å². The number of ketones is 1. The molecule has 9 nitrogen and oxygen atoms in total. The Bertz CT molecular complexity index is 946. The predicted molar refractivity (Wildman–Crippen MR) is 121 cm³/mol. The van der Waals surface area contributed by atoms with Gasteiger partial charge >= 0.3 is 0 Å². The van der Waals surface area contributed by atoms with E-state index in [1.54, 1.807) is 44.2 Å². The molecule has 1 amide bonds. The molecule has 2 rings (SSSR count). The number of Topliss-reactive ketones (excluding diaryl/α,β-unsaturated/α-hetero) is 1. The van der Waals surface area contributed by atoms with Gasteiger partial charge in [0.1, 0.15) is 28.7 Å². The number of ether oxygens (including phenoxy) is 4. The molecule has 1 unspecified atom stereocenters. The van der Waals surface area contributed by atoms with Gasteiger partial charge in [-0.1, -0.05) is 17.7 Å². The van der Waals surface area contributed by atoms with E-state index in [4.69, 9.17) is 30.5 Å². The highest BCUT2D eigenvalue weighted by molar-refractivity contribution is 6.31. The third kappa shape index (κ3) is 6.10. The van der Waals surface area contributed by atoms with Crippen LogP contribution < -0.4 is 24.3 Å². The van der Waals surface area contributed by atoms with E-state index >= 15 is 0 Å². The Labute approximate surface area is 191 Å². The Morgan fingerprint density at radius 1 is 1.00 bits per heavy atom. The third-order valence-corrected chi connectivity index (χ3v) is 4.41. The number of hydrogen-bond donors (Lipinski definition) is 1. The minimum atomic E-state index is -1.43. The standard InChI is InChI=1S/C22H26ClN3O6/c1-6-31-17-11-14(23)12-18(32-7-2)20(17)24-22(28)19(13(3)27)25-26-21-15(29-4)9-8-10-16(21)30-5/h8-12,19H,6-7H2,1-5H3,(H,24,28). The number of benzene rings is 2. The fourth-order valence-electron chi connectivity index (χ4n) is 2.78. The fourth-order valence-corrected chi connectivity index (χ4v) is 2.97. The lowest BCUT2D eigenvalue weighted by molar-refractivity contribution is -0.126. The number of anilines is 1. The number of carbonyl (C=O) groups excluding carboxylic acids is 2. The van der Waals surface area contributed by atoms with Crippen LogP contribution in [0.25, 0.3) is 0 Å². The van der Waals surface area contributed by atoms with Crippen molar-refractivity contribution in [1.29, 1.82) is 0 Å². The lowest BCUT2D eigenvalue weighted by Gasteiger charge is -2.18. The normalized spacial score (nSPS) is 11.7. The molecule has 0 aliphatic heterocycles. The second kappa shape index (κ2) is 11.9. The molecule has 32 heavy (non-hydrogen) atoms. The molecule has 0 fully saturated rings. The highest BCUT2D eigenvalue weighted by atomic mass is 35.5. The van der Waals surface area contributed by atoms with Crippen LogP contribution in [-0.4, -0.2) is 45.2 Å². The highest BCUT2D eigenvalue weighted by Gasteiger charge is 2.26. The van der Waals surface area contributed by atoms with Crippen molar-refractivity contribution >= 4 is 34.7 Å². The van der Waals surface area contributed by atoms with Crippen LogP contribution in [0.1, 0.15) is 20.8 Å². The van der Waals surface area contributed by atoms with Crippen molar-refractivity contribution in [2.75, 3.05) is 32.8 Å². The quantitative estimate of drug-likeness (QED) is 0.377. The maximum Gasteiger partial charge on any atom is 0.259 e. The van der Waals surface area contributed by atoms with E-state index in [-0.39, 0.29) is 11.4 Å². The maximum atomic E-state index is 13.0. The first-order chi connectivity index (χ1) is 15.4. The molecular weight excluding hydrogens is 438 g/mol. The summed E-state index contributed by atoms with van der Waals surface area (Å²) in [5.74, 6) is 0.158. The minimum Gasteiger partial charge on any atom is -0.494 e. The van der Waals surface area contributed by atoms with Crippen LogP contribution in [0.3, 0.4) is 0 Å². The van der Waals surface area contributed by atoms with Crippen molar-refractivity contribution in [3.63, 3.8) is 0 Å². The summed E-state index contributed by atoms with van der Waals surface area (Å²) in [6, 6.07) is 6.72. The minimum absolute atomic E-state index is 0.249. The molecule has 0 radical (unpaired) electrons. The first kappa shape index (κ1) is 24.9. The number of azo groups is 1. The first-order valence-corrected chi connectivity index (χ1v) is 10.3. The van der Waals surface area contributed by atoms with E-state index in [2.05, 4.69) is 15.5 Å². The number of carbonyl (C=O) groups is 2. The van der Waals surface area contributed by atoms with Crippen LogP contribution in [0.4, 0.5) is 11.4 Å². The van der Waals surface area contributed by atoms with E-state index in [0.717, 1.165) is 0 Å². The molecule has 0 aromatic heterocycles. The van der Waals surface area contributed by atoms with Crippen LogP contribution in [0.2, 0.25) is 5.02 Å². The highest BCUT2D eigenvalue weighted by Crippen LogP contribution is 2.39. The Hall–Kier alpha value is -3.33. The van der Waals surface area contributed by atoms with E-state index < -0.39 is 17.7 Å². The van der Waals surface area contributed by atoms with Gasteiger partial charge in [0.25, 0.3) is 5.91 Å². The summed E-state index contributed by atoms with van der Waals surface area (Å²) >= 11 is 6.13. The molecule has 0 saturated carbocycles. The smallest absolute Gasteiger partial charge is 0.259 e. The van der Waals surface area contributed by atoms with Crippen LogP contribution in [0, 0.1) is 0 Å². The van der Waals surface area contributed by atoms with Crippen LogP contribution in [0.5, 0.6) is 23.0 Å². The molecular formula is C22H26ClN3O6. The van der Waals surface area contributed by atoms with Gasteiger partial charge in [-0.2, -0.15) is 5.11 Å². The summed E-state index contributed by atoms with van der Waals surface area (Å²) < 4.78 is 21.7. The van der Waals surface area contributed by atoms with Gasteiger partial charge in [0.15, 0.2) is 11.5 Å². The van der Waals surface area contributed by atoms with Gasteiger partial charge in [-0.25, -0.2) is 0 Å². The fraction of sp³-hybridized carbons (Fsp3) is 0.364. The van der Waals surface area contributed by atoms with Gasteiger partial charge in [-0.05, 0) is 32.9 Å². The number of rotatable bonds is 11. The second-order valence-electron chi connectivity index (χ2n) is 6.37. The zero-order valence-corrected chi connectivity index (χ0v) is 19.4. The molecule has 1 N–H and O–H groups in total. The van der Waals surface area contributed by atoms with Crippen molar-refractivity contribution in [2.45, 2.75) is 26.8 Å². The van der Waals surface area contributed by atoms with Gasteiger partial charge in [-0.3, -0.25) is 9.59 Å². The zero-order chi connectivity index (χ0) is 23.7. The summed E-state index contributed by atoms with van der Waals surface area (Å²) in [6.45, 7) is 5.49. The third-order valence-electron chi connectivity index (χ3n) is 4.19. The zero-order valence-electron chi connectivity index (χ0n) is 18.6. The largest absolute Gasteiger partial charge is 0.494 e. The summed E-state index contributed by atoms with van der Waals surface area (Å²) in [4.78, 5) is 25.2. The van der Waals surface area contributed by atoms with Gasteiger partial charge in [0.05, 0.1) is 27.4 Å². The molecule has 1 atom stereocenters. The molecule has 0 saturated heterocycles. The van der Waals surface area contributed by atoms with E-state index in [1.807, 2.05) is 0 Å². The van der Waals surface area contributed by atoms with Crippen molar-refractivity contribution in [1.82, 2.24) is 0 Å². The number of halogens is 1. The predicted octanol–water partition coefficient (Wildman–Crippen LogP) is 4.83. The lowest BCUT2D eigenvalue weighted by Crippen LogP contribution is -2.32. The summed E-state index contributed by atoms with van der Waals surface area (Å²) in [6.07, 6.45) is 0. The summed E-state index contributed by atoms with van der Waals surface area (Å²) in [5.41, 5.74) is 0.507. The molecule has 0 bridgehead atoms. The Morgan fingerprint density at radius 3 is 1.97 bits per heavy atom. The number of nitrogens with zero attached hydrogens (tertiary/aromatic N) is 2. The number of hydrogen-bond acceptors (Lipinski definition) is 8. The summed E-state index contributed by atoms with van der Waals surface area (Å²) in [5, 5.41) is 11.1. The van der Waals surface area contributed by atoms with Crippen LogP contribution >= 0.6 is 11.6 Å². The number of nitrogens with one attached hydrogen (secondary N) is 1. The molecule has 2 aromatic carbocycles. The topological polar surface area (TPSA) is 108 Å². The SMILES string of the molecule is CCOc1cc(Cl)cc(OCC)c1NC(=O)C(N=Nc1c(OC)cccc1OC)C(C)=O. The average Bonchev–Trinajstić information content (AvgIpc) is 2.76. The van der Waals surface area contributed by atoms with E-state index in [0.29, 0.717) is 41.2 Å². The average molecular weight is 464 g/mol. The molecule has 2 aromatic rings. The summed E-state index contributed by atoms with van der Waals surface area (Å²) in [7, 11) is 2.93. The number of methoxy groups -OCH3 is 2. The molecule has 0 heterocycles. The second-order valence-corrected chi connectivity index (χ2v) is 6.81. The van der Waals surface area contributed by atoms with Crippen LogP contribution in [-0.2, 0) is 9.59 Å². The Kier molecular flexibility index (Phi) is 9.27. The first-order valence-electron chi connectivity index (χ1n) is 9.88. The van der Waals surface area contributed by atoms with Gasteiger partial charge in [-0.15, -0.1) is 5.11 Å².